The summed E-state index contributed by atoms with van der Waals surface area (Å²) < 4.78 is 13.4. The van der Waals surface area contributed by atoms with Crippen molar-refractivity contribution in [3.8, 4) is 0 Å². The van der Waals surface area contributed by atoms with Crippen molar-refractivity contribution in [2.45, 2.75) is 13.8 Å². The number of rotatable bonds is 4. The van der Waals surface area contributed by atoms with Gasteiger partial charge in [0.1, 0.15) is 5.82 Å². The minimum atomic E-state index is -0.360. The van der Waals surface area contributed by atoms with Gasteiger partial charge in [-0.15, -0.1) is 0 Å². The molecule has 0 aliphatic heterocycles. The van der Waals surface area contributed by atoms with Crippen molar-refractivity contribution in [1.82, 2.24) is 5.32 Å². The number of aliphatic hydroxyl groups excluding tert-OH is 1. The van der Waals surface area contributed by atoms with Crippen molar-refractivity contribution >= 4 is 28.5 Å². The topological polar surface area (TPSA) is 49.3 Å². The molecule has 0 saturated carbocycles. The molecular formula is C12H15FINO2. The molecule has 0 bridgehead atoms. The second kappa shape index (κ2) is 5.77. The zero-order valence-corrected chi connectivity index (χ0v) is 11.9. The van der Waals surface area contributed by atoms with Crippen LogP contribution in [0.25, 0.3) is 0 Å². The van der Waals surface area contributed by atoms with Crippen LogP contribution in [0.15, 0.2) is 18.2 Å². The third-order valence-electron chi connectivity index (χ3n) is 2.33. The van der Waals surface area contributed by atoms with E-state index in [-0.39, 0.29) is 23.7 Å². The number of nitrogens with one attached hydrogen (secondary N) is 1. The number of hydrogen-bond acceptors (Lipinski definition) is 2. The fourth-order valence-corrected chi connectivity index (χ4v) is 1.87. The van der Waals surface area contributed by atoms with Gasteiger partial charge in [-0.3, -0.25) is 4.79 Å². The van der Waals surface area contributed by atoms with Crippen molar-refractivity contribution in [1.29, 1.82) is 0 Å². The number of carbonyl (C=O) groups is 1. The van der Waals surface area contributed by atoms with Gasteiger partial charge in [-0.1, -0.05) is 13.8 Å². The van der Waals surface area contributed by atoms with E-state index in [0.717, 1.165) is 0 Å². The average molecular weight is 351 g/mol. The van der Waals surface area contributed by atoms with E-state index in [1.165, 1.54) is 18.2 Å². The summed E-state index contributed by atoms with van der Waals surface area (Å²) in [5.74, 6) is -0.613. The van der Waals surface area contributed by atoms with Gasteiger partial charge in [0.15, 0.2) is 0 Å². The molecule has 17 heavy (non-hydrogen) atoms. The normalized spacial score (nSPS) is 11.4. The fourth-order valence-electron chi connectivity index (χ4n) is 1.14. The summed E-state index contributed by atoms with van der Waals surface area (Å²) in [6.07, 6.45) is 0. The Morgan fingerprint density at radius 3 is 2.71 bits per heavy atom. The highest BCUT2D eigenvalue weighted by Crippen LogP contribution is 2.15. The summed E-state index contributed by atoms with van der Waals surface area (Å²) >= 11 is 1.92. The number of amides is 1. The molecule has 0 fully saturated rings. The van der Waals surface area contributed by atoms with E-state index in [0.29, 0.717) is 15.7 Å². The molecule has 0 saturated heterocycles. The van der Waals surface area contributed by atoms with Gasteiger partial charge in [0.2, 0.25) is 0 Å². The predicted molar refractivity (Wildman–Crippen MR) is 72.3 cm³/mol. The number of carbonyl (C=O) groups excluding carboxylic acids is 1. The number of benzene rings is 1. The molecule has 5 heteroatoms. The van der Waals surface area contributed by atoms with Crippen LogP contribution in [-0.4, -0.2) is 24.2 Å². The lowest BCUT2D eigenvalue weighted by Gasteiger charge is -2.21. The van der Waals surface area contributed by atoms with Crippen LogP contribution < -0.4 is 5.32 Å². The molecule has 1 aromatic rings. The molecule has 1 rings (SSSR count). The van der Waals surface area contributed by atoms with Crippen molar-refractivity contribution in [3.63, 3.8) is 0 Å². The van der Waals surface area contributed by atoms with Crippen molar-refractivity contribution < 1.29 is 14.3 Å². The van der Waals surface area contributed by atoms with E-state index >= 15 is 0 Å². The minimum absolute atomic E-state index is 0.00616. The average Bonchev–Trinajstić information content (AvgIpc) is 2.26. The summed E-state index contributed by atoms with van der Waals surface area (Å²) in [7, 11) is 0. The predicted octanol–water partition coefficient (Wildman–Crippen LogP) is 2.18. The van der Waals surface area contributed by atoms with Crippen molar-refractivity contribution in [2.24, 2.45) is 5.41 Å². The van der Waals surface area contributed by atoms with E-state index in [1.54, 1.807) is 0 Å². The zero-order chi connectivity index (χ0) is 13.1. The molecule has 3 nitrogen and oxygen atoms in total. The lowest BCUT2D eigenvalue weighted by molar-refractivity contribution is 0.0910. The van der Waals surface area contributed by atoms with E-state index in [4.69, 9.17) is 5.11 Å². The molecule has 2 N–H and O–H groups in total. The summed E-state index contributed by atoms with van der Waals surface area (Å²) in [5, 5.41) is 11.8. The van der Waals surface area contributed by atoms with Gasteiger partial charge in [0, 0.05) is 22.1 Å². The highest BCUT2D eigenvalue weighted by Gasteiger charge is 2.18. The van der Waals surface area contributed by atoms with Crippen molar-refractivity contribution in [2.75, 3.05) is 13.2 Å². The molecule has 0 aliphatic carbocycles. The number of hydrogen-bond donors (Lipinski definition) is 2. The fraction of sp³-hybridized carbons (Fsp3) is 0.417. The maximum atomic E-state index is 12.9. The van der Waals surface area contributed by atoms with E-state index in [2.05, 4.69) is 5.32 Å². The molecule has 0 heterocycles. The molecular weight excluding hydrogens is 336 g/mol. The Morgan fingerprint density at radius 2 is 2.18 bits per heavy atom. The van der Waals surface area contributed by atoms with E-state index in [1.807, 2.05) is 36.4 Å². The quantitative estimate of drug-likeness (QED) is 0.817. The monoisotopic (exact) mass is 351 g/mol. The van der Waals surface area contributed by atoms with Gasteiger partial charge < -0.3 is 10.4 Å². The summed E-state index contributed by atoms with van der Waals surface area (Å²) in [5.41, 5.74) is 0.0851. The van der Waals surface area contributed by atoms with Gasteiger partial charge in [0.05, 0.1) is 5.56 Å². The first-order chi connectivity index (χ1) is 7.85. The Labute approximate surface area is 114 Å². The van der Waals surface area contributed by atoms with Crippen LogP contribution >= 0.6 is 22.6 Å². The molecule has 0 radical (unpaired) electrons. The van der Waals surface area contributed by atoms with Crippen LogP contribution in [0.5, 0.6) is 0 Å². The van der Waals surface area contributed by atoms with Crippen LogP contribution in [0.3, 0.4) is 0 Å². The second-order valence-corrected chi connectivity index (χ2v) is 5.79. The summed E-state index contributed by atoms with van der Waals surface area (Å²) in [4.78, 5) is 11.8. The zero-order valence-electron chi connectivity index (χ0n) is 9.76. The maximum Gasteiger partial charge on any atom is 0.252 e. The van der Waals surface area contributed by atoms with Gasteiger partial charge >= 0.3 is 0 Å². The lowest BCUT2D eigenvalue weighted by atomic mass is 9.95. The first-order valence-corrected chi connectivity index (χ1v) is 6.28. The minimum Gasteiger partial charge on any atom is -0.396 e. The standard InChI is InChI=1S/C12H15FINO2/c1-12(2,7-16)6-15-11(17)9-4-3-8(13)5-10(9)14/h3-5,16H,6-7H2,1-2H3,(H,15,17). The Bertz CT molecular complexity index is 421. The second-order valence-electron chi connectivity index (χ2n) is 4.63. The van der Waals surface area contributed by atoms with Gasteiger partial charge in [0.25, 0.3) is 5.91 Å². The van der Waals surface area contributed by atoms with Crippen molar-refractivity contribution in [3.05, 3.63) is 33.1 Å². The molecule has 94 valence electrons. The first kappa shape index (κ1) is 14.4. The largest absolute Gasteiger partial charge is 0.396 e. The highest BCUT2D eigenvalue weighted by molar-refractivity contribution is 14.1. The third-order valence-corrected chi connectivity index (χ3v) is 3.22. The molecule has 0 spiro atoms. The van der Waals surface area contributed by atoms with Crippen LogP contribution in [-0.2, 0) is 0 Å². The summed E-state index contributed by atoms with van der Waals surface area (Å²) in [6, 6.07) is 4.03. The lowest BCUT2D eigenvalue weighted by Crippen LogP contribution is -2.36. The molecule has 1 aromatic carbocycles. The molecule has 1 amide bonds. The highest BCUT2D eigenvalue weighted by atomic mass is 127. The maximum absolute atomic E-state index is 12.9. The Balaban J connectivity index is 2.71. The van der Waals surface area contributed by atoms with E-state index < -0.39 is 0 Å². The van der Waals surface area contributed by atoms with Crippen LogP contribution in [0, 0.1) is 14.8 Å². The molecule has 0 unspecified atom stereocenters. The van der Waals surface area contributed by atoms with Gasteiger partial charge in [-0.25, -0.2) is 4.39 Å². The van der Waals surface area contributed by atoms with Gasteiger partial charge in [-0.05, 0) is 40.8 Å². The van der Waals surface area contributed by atoms with Crippen LogP contribution in [0.2, 0.25) is 0 Å². The van der Waals surface area contributed by atoms with Crippen LogP contribution in [0.4, 0.5) is 4.39 Å². The van der Waals surface area contributed by atoms with Gasteiger partial charge in [-0.2, -0.15) is 0 Å². The molecule has 0 aliphatic rings. The molecule has 0 aromatic heterocycles. The van der Waals surface area contributed by atoms with E-state index in [9.17, 15) is 9.18 Å². The Kier molecular flexibility index (Phi) is 4.88. The smallest absolute Gasteiger partial charge is 0.252 e. The number of halogens is 2. The SMILES string of the molecule is CC(C)(CO)CNC(=O)c1ccc(F)cc1I. The summed E-state index contributed by atoms with van der Waals surface area (Å²) in [6.45, 7) is 4.06. The third kappa shape index (κ3) is 4.23. The molecule has 0 atom stereocenters. The number of aliphatic hydroxyl groups is 1. The van der Waals surface area contributed by atoms with Crippen LogP contribution in [0.1, 0.15) is 24.2 Å². The first-order valence-electron chi connectivity index (χ1n) is 5.20. The Hall–Kier alpha value is -0.690. The Morgan fingerprint density at radius 1 is 1.53 bits per heavy atom.